The fourth-order valence-electron chi connectivity index (χ4n) is 1.91. The van der Waals surface area contributed by atoms with Crippen molar-refractivity contribution in [3.8, 4) is 0 Å². The summed E-state index contributed by atoms with van der Waals surface area (Å²) in [5.41, 5.74) is 1.03. The van der Waals surface area contributed by atoms with E-state index in [0.29, 0.717) is 27.8 Å². The summed E-state index contributed by atoms with van der Waals surface area (Å²) in [6.45, 7) is 2.59. The molecule has 2 nitrogen and oxygen atoms in total. The molecule has 100 valence electrons. The molecule has 2 aromatic rings. The third-order valence-electron chi connectivity index (χ3n) is 2.76. The van der Waals surface area contributed by atoms with Gasteiger partial charge in [0.2, 0.25) is 0 Å². The van der Waals surface area contributed by atoms with E-state index in [-0.39, 0.29) is 5.82 Å². The molecule has 0 amide bonds. The van der Waals surface area contributed by atoms with Crippen LogP contribution in [0.3, 0.4) is 0 Å². The van der Waals surface area contributed by atoms with Crippen LogP contribution in [0.25, 0.3) is 0 Å². The van der Waals surface area contributed by atoms with Crippen LogP contribution < -0.4 is 5.32 Å². The summed E-state index contributed by atoms with van der Waals surface area (Å²) in [5.74, 6) is -0.371. The van der Waals surface area contributed by atoms with Crippen LogP contribution >= 0.6 is 23.2 Å². The molecule has 0 aliphatic rings. The maximum absolute atomic E-state index is 13.9. The van der Waals surface area contributed by atoms with Gasteiger partial charge in [0.25, 0.3) is 0 Å². The van der Waals surface area contributed by atoms with E-state index in [1.807, 2.05) is 13.0 Å². The number of pyridine rings is 1. The van der Waals surface area contributed by atoms with Crippen molar-refractivity contribution in [3.05, 3.63) is 63.6 Å². The van der Waals surface area contributed by atoms with Gasteiger partial charge in [0.15, 0.2) is 0 Å². The molecule has 0 aliphatic carbocycles. The normalized spacial score (nSPS) is 12.4. The van der Waals surface area contributed by atoms with E-state index in [4.69, 9.17) is 23.2 Å². The van der Waals surface area contributed by atoms with Gasteiger partial charge in [0, 0.05) is 6.20 Å². The van der Waals surface area contributed by atoms with Crippen LogP contribution in [-0.2, 0) is 0 Å². The third kappa shape index (κ3) is 3.06. The summed E-state index contributed by atoms with van der Waals surface area (Å²) in [7, 11) is 0. The first-order valence-corrected chi connectivity index (χ1v) is 6.68. The van der Waals surface area contributed by atoms with E-state index in [0.717, 1.165) is 0 Å². The smallest absolute Gasteiger partial charge is 0.146 e. The van der Waals surface area contributed by atoms with Crippen LogP contribution in [0.5, 0.6) is 0 Å². The zero-order valence-corrected chi connectivity index (χ0v) is 11.8. The van der Waals surface area contributed by atoms with Gasteiger partial charge in [-0.2, -0.15) is 0 Å². The first kappa shape index (κ1) is 14.3. The van der Waals surface area contributed by atoms with Crippen molar-refractivity contribution in [2.24, 2.45) is 0 Å². The highest BCUT2D eigenvalue weighted by Crippen LogP contribution is 2.33. The van der Waals surface area contributed by atoms with E-state index in [1.165, 1.54) is 6.07 Å². The number of nitrogens with one attached hydrogen (secondary N) is 1. The summed E-state index contributed by atoms with van der Waals surface area (Å²) in [6.07, 6.45) is 1.56. The second kappa shape index (κ2) is 6.33. The Balaban J connectivity index is 2.52. The summed E-state index contributed by atoms with van der Waals surface area (Å²) < 4.78 is 13.9. The molecule has 2 rings (SSSR count). The average Bonchev–Trinajstić information content (AvgIpc) is 2.41. The van der Waals surface area contributed by atoms with Gasteiger partial charge in [0.1, 0.15) is 5.82 Å². The first-order chi connectivity index (χ1) is 9.15. The van der Waals surface area contributed by atoms with E-state index in [1.54, 1.807) is 24.4 Å². The molecule has 0 saturated heterocycles. The van der Waals surface area contributed by atoms with Crippen LogP contribution in [-0.4, -0.2) is 11.5 Å². The predicted molar refractivity (Wildman–Crippen MR) is 76.2 cm³/mol. The van der Waals surface area contributed by atoms with E-state index in [9.17, 15) is 4.39 Å². The molecule has 0 bridgehead atoms. The first-order valence-electron chi connectivity index (χ1n) is 5.92. The number of nitrogens with zero attached hydrogens (tertiary/aromatic N) is 1. The van der Waals surface area contributed by atoms with Crippen LogP contribution in [0.4, 0.5) is 4.39 Å². The molecule has 1 N–H and O–H groups in total. The molecular weight excluding hydrogens is 286 g/mol. The summed E-state index contributed by atoms with van der Waals surface area (Å²) in [5, 5.41) is 4.04. The zero-order valence-electron chi connectivity index (χ0n) is 10.3. The number of hydrogen-bond acceptors (Lipinski definition) is 2. The number of rotatable bonds is 4. The lowest BCUT2D eigenvalue weighted by atomic mass is 10.0. The second-order valence-corrected chi connectivity index (χ2v) is 4.79. The van der Waals surface area contributed by atoms with Crippen LogP contribution in [0.2, 0.25) is 10.0 Å². The van der Waals surface area contributed by atoms with E-state index >= 15 is 0 Å². The summed E-state index contributed by atoms with van der Waals surface area (Å²) in [4.78, 5) is 4.11. The van der Waals surface area contributed by atoms with E-state index < -0.39 is 6.04 Å². The molecule has 0 fully saturated rings. The number of aromatic nitrogens is 1. The molecule has 1 unspecified atom stereocenters. The average molecular weight is 299 g/mol. The predicted octanol–water partition coefficient (Wildman–Crippen LogP) is 4.23. The van der Waals surface area contributed by atoms with Crippen LogP contribution in [0.15, 0.2) is 36.5 Å². The lowest BCUT2D eigenvalue weighted by Gasteiger charge is -2.20. The molecule has 1 aromatic carbocycles. The Bertz CT molecular complexity index is 575. The Hall–Kier alpha value is -1.16. The molecule has 1 aromatic heterocycles. The summed E-state index contributed by atoms with van der Waals surface area (Å²) >= 11 is 12.2. The zero-order chi connectivity index (χ0) is 13.8. The fourth-order valence-corrected chi connectivity index (χ4v) is 2.33. The molecule has 0 radical (unpaired) electrons. The maximum Gasteiger partial charge on any atom is 0.146 e. The lowest BCUT2D eigenvalue weighted by Crippen LogP contribution is -2.24. The van der Waals surface area contributed by atoms with Crippen LogP contribution in [0, 0.1) is 5.82 Å². The highest BCUT2D eigenvalue weighted by Gasteiger charge is 2.21. The van der Waals surface area contributed by atoms with Gasteiger partial charge >= 0.3 is 0 Å². The van der Waals surface area contributed by atoms with Crippen molar-refractivity contribution in [2.45, 2.75) is 13.0 Å². The molecular formula is C14H13Cl2FN2. The van der Waals surface area contributed by atoms with E-state index in [2.05, 4.69) is 10.3 Å². The van der Waals surface area contributed by atoms with Crippen molar-refractivity contribution < 1.29 is 4.39 Å². The summed E-state index contributed by atoms with van der Waals surface area (Å²) in [6, 6.07) is 7.82. The number of benzene rings is 1. The standard InChI is InChI=1S/C14H13Cl2FN2/c1-2-18-13(14-11(17)7-4-8-19-14)9-5-3-6-10(15)12(9)16/h3-8,13,18H,2H2,1H3. The van der Waals surface area contributed by atoms with Gasteiger partial charge in [0.05, 0.1) is 21.8 Å². The molecule has 1 atom stereocenters. The Kier molecular flexibility index (Phi) is 4.75. The largest absolute Gasteiger partial charge is 0.305 e. The van der Waals surface area contributed by atoms with Crippen molar-refractivity contribution >= 4 is 23.2 Å². The Morgan fingerprint density at radius 2 is 2.05 bits per heavy atom. The van der Waals surface area contributed by atoms with Crippen LogP contribution in [0.1, 0.15) is 24.2 Å². The topological polar surface area (TPSA) is 24.9 Å². The Labute approximate surface area is 121 Å². The highest BCUT2D eigenvalue weighted by atomic mass is 35.5. The molecule has 0 aliphatic heterocycles. The Morgan fingerprint density at radius 1 is 1.26 bits per heavy atom. The SMILES string of the molecule is CCNC(c1cccc(Cl)c1Cl)c1ncccc1F. The van der Waals surface area contributed by atoms with Crippen molar-refractivity contribution in [1.82, 2.24) is 10.3 Å². The molecule has 5 heteroatoms. The number of hydrogen-bond donors (Lipinski definition) is 1. The molecule has 0 saturated carbocycles. The molecule has 0 spiro atoms. The van der Waals surface area contributed by atoms with Gasteiger partial charge in [-0.3, -0.25) is 4.98 Å². The lowest BCUT2D eigenvalue weighted by molar-refractivity contribution is 0.543. The highest BCUT2D eigenvalue weighted by molar-refractivity contribution is 6.42. The minimum atomic E-state index is -0.419. The molecule has 1 heterocycles. The monoisotopic (exact) mass is 298 g/mol. The van der Waals surface area contributed by atoms with Gasteiger partial charge in [-0.1, -0.05) is 42.3 Å². The molecule has 19 heavy (non-hydrogen) atoms. The van der Waals surface area contributed by atoms with Gasteiger partial charge in [-0.15, -0.1) is 0 Å². The van der Waals surface area contributed by atoms with Gasteiger partial charge in [-0.05, 0) is 30.3 Å². The Morgan fingerprint density at radius 3 is 2.74 bits per heavy atom. The van der Waals surface area contributed by atoms with Crippen molar-refractivity contribution in [3.63, 3.8) is 0 Å². The van der Waals surface area contributed by atoms with Gasteiger partial charge < -0.3 is 5.32 Å². The maximum atomic E-state index is 13.9. The fraction of sp³-hybridized carbons (Fsp3) is 0.214. The minimum Gasteiger partial charge on any atom is -0.305 e. The van der Waals surface area contributed by atoms with Crippen molar-refractivity contribution in [2.75, 3.05) is 6.54 Å². The van der Waals surface area contributed by atoms with Gasteiger partial charge in [-0.25, -0.2) is 4.39 Å². The third-order valence-corrected chi connectivity index (χ3v) is 3.59. The van der Waals surface area contributed by atoms with Crippen molar-refractivity contribution in [1.29, 1.82) is 0 Å². The quantitative estimate of drug-likeness (QED) is 0.914. The second-order valence-electron chi connectivity index (χ2n) is 4.00. The number of halogens is 3. The minimum absolute atomic E-state index is 0.313.